The highest BCUT2D eigenvalue weighted by molar-refractivity contribution is 14.0. The summed E-state index contributed by atoms with van der Waals surface area (Å²) in [4.78, 5) is 7.09. The Morgan fingerprint density at radius 3 is 2.66 bits per heavy atom. The Labute approximate surface area is 193 Å². The van der Waals surface area contributed by atoms with Gasteiger partial charge >= 0.3 is 0 Å². The first-order chi connectivity index (χ1) is 13.1. The maximum absolute atomic E-state index is 11.5. The highest BCUT2D eigenvalue weighted by atomic mass is 127. The van der Waals surface area contributed by atoms with E-state index in [0.29, 0.717) is 19.6 Å². The van der Waals surface area contributed by atoms with Crippen molar-refractivity contribution < 1.29 is 13.2 Å². The van der Waals surface area contributed by atoms with Crippen LogP contribution in [0.3, 0.4) is 0 Å². The average Bonchev–Trinajstić information content (AvgIpc) is 2.64. The van der Waals surface area contributed by atoms with Gasteiger partial charge in [0.2, 0.25) is 0 Å². The van der Waals surface area contributed by atoms with Gasteiger partial charge in [-0.3, -0.25) is 4.99 Å². The number of aliphatic imine (C=N–C) groups is 1. The van der Waals surface area contributed by atoms with E-state index in [1.54, 1.807) is 0 Å². The number of nitrogens with one attached hydrogen (secondary N) is 1. The lowest BCUT2D eigenvalue weighted by atomic mass is 9.90. The smallest absolute Gasteiger partial charge is 0.194 e. The second-order valence-electron chi connectivity index (χ2n) is 8.38. The van der Waals surface area contributed by atoms with Crippen molar-refractivity contribution in [3.8, 4) is 0 Å². The predicted molar refractivity (Wildman–Crippen MR) is 131 cm³/mol. The number of sulfone groups is 1. The molecular formula is C21H36IN3O3S. The van der Waals surface area contributed by atoms with Crippen LogP contribution in [0.1, 0.15) is 44.4 Å². The van der Waals surface area contributed by atoms with E-state index in [2.05, 4.69) is 50.0 Å². The molecule has 1 aliphatic heterocycles. The lowest BCUT2D eigenvalue weighted by Gasteiger charge is -2.36. The first-order valence-corrected chi connectivity index (χ1v) is 12.1. The number of morpholine rings is 1. The third-order valence-corrected chi connectivity index (χ3v) is 5.99. The molecule has 1 aromatic rings. The Kier molecular flexibility index (Phi) is 10.4. The molecule has 2 rings (SSSR count). The number of ether oxygens (including phenoxy) is 1. The van der Waals surface area contributed by atoms with E-state index in [1.165, 1.54) is 17.4 Å². The van der Waals surface area contributed by atoms with Crippen LogP contribution in [0.25, 0.3) is 0 Å². The van der Waals surface area contributed by atoms with Crippen molar-refractivity contribution in [2.45, 2.75) is 40.2 Å². The number of halogens is 1. The van der Waals surface area contributed by atoms with E-state index in [4.69, 9.17) is 9.73 Å². The number of hydrogen-bond donors (Lipinski definition) is 1. The fraction of sp³-hybridized carbons (Fsp3) is 0.667. The summed E-state index contributed by atoms with van der Waals surface area (Å²) < 4.78 is 29.0. The zero-order valence-corrected chi connectivity index (χ0v) is 21.4. The summed E-state index contributed by atoms with van der Waals surface area (Å²) in [7, 11) is -2.96. The summed E-state index contributed by atoms with van der Waals surface area (Å²) >= 11 is 0. The highest BCUT2D eigenvalue weighted by Gasteiger charge is 2.26. The van der Waals surface area contributed by atoms with E-state index in [1.807, 2.05) is 12.1 Å². The molecule has 0 bridgehead atoms. The zero-order chi connectivity index (χ0) is 20.8. The Hall–Kier alpha value is -0.870. The minimum atomic E-state index is -2.96. The van der Waals surface area contributed by atoms with Gasteiger partial charge in [0.15, 0.2) is 5.96 Å². The van der Waals surface area contributed by atoms with Crippen molar-refractivity contribution in [3.63, 3.8) is 0 Å². The van der Waals surface area contributed by atoms with E-state index in [-0.39, 0.29) is 41.2 Å². The van der Waals surface area contributed by atoms with Crippen LogP contribution in [0.4, 0.5) is 0 Å². The summed E-state index contributed by atoms with van der Waals surface area (Å²) in [6, 6.07) is 8.33. The van der Waals surface area contributed by atoms with Crippen LogP contribution >= 0.6 is 24.0 Å². The van der Waals surface area contributed by atoms with Gasteiger partial charge in [0.05, 0.1) is 18.9 Å². The van der Waals surface area contributed by atoms with Crippen LogP contribution < -0.4 is 5.32 Å². The summed E-state index contributed by atoms with van der Waals surface area (Å²) in [6.07, 6.45) is 1.91. The van der Waals surface area contributed by atoms with Gasteiger partial charge in [-0.15, -0.1) is 24.0 Å². The molecule has 0 spiro atoms. The molecule has 0 aliphatic carbocycles. The lowest BCUT2D eigenvalue weighted by molar-refractivity contribution is -0.00838. The van der Waals surface area contributed by atoms with Gasteiger partial charge in [-0.05, 0) is 36.8 Å². The zero-order valence-electron chi connectivity index (χ0n) is 18.3. The third-order valence-electron chi connectivity index (χ3n) is 5.04. The summed E-state index contributed by atoms with van der Waals surface area (Å²) in [6.45, 7) is 11.9. The van der Waals surface area contributed by atoms with Crippen molar-refractivity contribution in [2.75, 3.05) is 44.8 Å². The summed E-state index contributed by atoms with van der Waals surface area (Å²) in [5.74, 6) is 1.07. The number of rotatable bonds is 7. The number of guanidine groups is 1. The number of hydrogen-bond acceptors (Lipinski definition) is 4. The molecule has 1 N–H and O–H groups in total. The third kappa shape index (κ3) is 8.80. The van der Waals surface area contributed by atoms with Crippen LogP contribution in [0.5, 0.6) is 0 Å². The lowest BCUT2D eigenvalue weighted by Crippen LogP contribution is -2.48. The van der Waals surface area contributed by atoms with Gasteiger partial charge in [-0.1, -0.05) is 38.1 Å². The standard InChI is InChI=1S/C21H35N3O3S.HI/c1-6-22-20(23-16-21(3,4)11-14-28(5,25)26)24-12-13-27-19(15-24)18-10-8-7-9-17(18)2;/h7-10,19H,6,11-16H2,1-5H3,(H,22,23);1H. The SMILES string of the molecule is CCNC(=NCC(C)(C)CCS(C)(=O)=O)N1CCOC(c2ccccc2C)C1.I. The van der Waals surface area contributed by atoms with Gasteiger partial charge < -0.3 is 15.0 Å². The van der Waals surface area contributed by atoms with Gasteiger partial charge in [0, 0.05) is 25.9 Å². The maximum atomic E-state index is 11.5. The van der Waals surface area contributed by atoms with Crippen molar-refractivity contribution in [2.24, 2.45) is 10.4 Å². The Morgan fingerprint density at radius 2 is 2.03 bits per heavy atom. The molecule has 0 saturated carbocycles. The van der Waals surface area contributed by atoms with E-state index in [0.717, 1.165) is 25.6 Å². The molecule has 1 aliphatic rings. The molecule has 8 heteroatoms. The predicted octanol–water partition coefficient (Wildman–Crippen LogP) is 3.41. The fourth-order valence-corrected chi connectivity index (χ4v) is 4.16. The van der Waals surface area contributed by atoms with Crippen molar-refractivity contribution >= 4 is 39.8 Å². The molecule has 1 heterocycles. The van der Waals surface area contributed by atoms with E-state index < -0.39 is 9.84 Å². The quantitative estimate of drug-likeness (QED) is 0.328. The molecular weight excluding hydrogens is 501 g/mol. The van der Waals surface area contributed by atoms with Crippen LogP contribution in [0, 0.1) is 12.3 Å². The van der Waals surface area contributed by atoms with Crippen molar-refractivity contribution in [1.82, 2.24) is 10.2 Å². The normalized spacial score (nSPS) is 18.3. The number of nitrogens with zero attached hydrogens (tertiary/aromatic N) is 2. The molecule has 1 fully saturated rings. The average molecular weight is 538 g/mol. The Bertz CT molecular complexity index is 781. The molecule has 0 amide bonds. The molecule has 1 atom stereocenters. The summed E-state index contributed by atoms with van der Waals surface area (Å²) in [5.41, 5.74) is 2.28. The van der Waals surface area contributed by atoms with Crippen LogP contribution in [-0.2, 0) is 14.6 Å². The number of aryl methyl sites for hydroxylation is 1. The van der Waals surface area contributed by atoms with E-state index in [9.17, 15) is 8.42 Å². The number of benzene rings is 1. The van der Waals surface area contributed by atoms with Gasteiger partial charge in [-0.2, -0.15) is 0 Å². The summed E-state index contributed by atoms with van der Waals surface area (Å²) in [5, 5.41) is 3.39. The fourth-order valence-electron chi connectivity index (χ4n) is 3.23. The first kappa shape index (κ1) is 26.2. The second-order valence-corrected chi connectivity index (χ2v) is 10.6. The van der Waals surface area contributed by atoms with Crippen LogP contribution in [-0.4, -0.2) is 64.1 Å². The molecule has 166 valence electrons. The molecule has 6 nitrogen and oxygen atoms in total. The monoisotopic (exact) mass is 537 g/mol. The second kappa shape index (κ2) is 11.5. The molecule has 1 aromatic carbocycles. The van der Waals surface area contributed by atoms with Gasteiger partial charge in [-0.25, -0.2) is 8.42 Å². The molecule has 0 radical (unpaired) electrons. The van der Waals surface area contributed by atoms with Crippen LogP contribution in [0.2, 0.25) is 0 Å². The molecule has 1 saturated heterocycles. The van der Waals surface area contributed by atoms with Gasteiger partial charge in [0.25, 0.3) is 0 Å². The highest BCUT2D eigenvalue weighted by Crippen LogP contribution is 2.26. The van der Waals surface area contributed by atoms with Crippen molar-refractivity contribution in [3.05, 3.63) is 35.4 Å². The Balaban J connectivity index is 0.00000420. The van der Waals surface area contributed by atoms with Crippen molar-refractivity contribution in [1.29, 1.82) is 0 Å². The minimum Gasteiger partial charge on any atom is -0.370 e. The molecule has 0 aromatic heterocycles. The first-order valence-electron chi connectivity index (χ1n) is 9.99. The van der Waals surface area contributed by atoms with Gasteiger partial charge in [0.1, 0.15) is 15.9 Å². The topological polar surface area (TPSA) is 71.0 Å². The molecule has 29 heavy (non-hydrogen) atoms. The largest absolute Gasteiger partial charge is 0.370 e. The van der Waals surface area contributed by atoms with E-state index >= 15 is 0 Å². The maximum Gasteiger partial charge on any atom is 0.194 e. The molecule has 1 unspecified atom stereocenters. The van der Waals surface area contributed by atoms with Crippen LogP contribution in [0.15, 0.2) is 29.3 Å². The minimum absolute atomic E-state index is 0. The Morgan fingerprint density at radius 1 is 1.34 bits per heavy atom.